The summed E-state index contributed by atoms with van der Waals surface area (Å²) >= 11 is 1.23. The van der Waals surface area contributed by atoms with E-state index in [4.69, 9.17) is 5.73 Å². The molecule has 0 aliphatic carbocycles. The fraction of sp³-hybridized carbons (Fsp3) is 0.462. The lowest BCUT2D eigenvalue weighted by molar-refractivity contribution is -0.145. The van der Waals surface area contributed by atoms with Gasteiger partial charge in [-0.1, -0.05) is 6.92 Å². The summed E-state index contributed by atoms with van der Waals surface area (Å²) in [5, 5.41) is 4.75. The molecule has 8 heteroatoms. The maximum Gasteiger partial charge on any atom is 0.309 e. The molecule has 0 saturated carbocycles. The van der Waals surface area contributed by atoms with Gasteiger partial charge in [0, 0.05) is 6.54 Å². The normalized spacial score (nSPS) is 12.0. The van der Waals surface area contributed by atoms with Crippen molar-refractivity contribution in [3.8, 4) is 0 Å². The summed E-state index contributed by atoms with van der Waals surface area (Å²) in [5.74, 6) is -1.51. The molecule has 0 aliphatic rings. The van der Waals surface area contributed by atoms with Crippen molar-refractivity contribution in [2.24, 2.45) is 11.7 Å². The molecule has 0 saturated heterocycles. The van der Waals surface area contributed by atoms with Gasteiger partial charge in [-0.15, -0.1) is 11.3 Å². The van der Waals surface area contributed by atoms with E-state index in [2.05, 4.69) is 10.1 Å². The number of amides is 2. The average molecular weight is 313 g/mol. The molecule has 1 heterocycles. The van der Waals surface area contributed by atoms with Gasteiger partial charge in [-0.2, -0.15) is 0 Å². The lowest BCUT2D eigenvalue weighted by Gasteiger charge is -2.19. The third kappa shape index (κ3) is 5.16. The minimum absolute atomic E-state index is 0.0947. The second-order valence-corrected chi connectivity index (χ2v) is 5.61. The van der Waals surface area contributed by atoms with Gasteiger partial charge >= 0.3 is 5.97 Å². The Labute approximate surface area is 127 Å². The van der Waals surface area contributed by atoms with Gasteiger partial charge in [0.15, 0.2) is 0 Å². The molecule has 3 N–H and O–H groups in total. The van der Waals surface area contributed by atoms with Crippen molar-refractivity contribution < 1.29 is 19.1 Å². The van der Waals surface area contributed by atoms with Gasteiger partial charge in [-0.3, -0.25) is 19.3 Å². The van der Waals surface area contributed by atoms with Crippen LogP contribution in [0.4, 0.5) is 5.00 Å². The third-order valence-corrected chi connectivity index (χ3v) is 3.62. The minimum Gasteiger partial charge on any atom is -0.469 e. The van der Waals surface area contributed by atoms with E-state index >= 15 is 0 Å². The van der Waals surface area contributed by atoms with E-state index in [-0.39, 0.29) is 24.3 Å². The number of hydrogen-bond acceptors (Lipinski definition) is 6. The largest absolute Gasteiger partial charge is 0.469 e. The van der Waals surface area contributed by atoms with E-state index in [0.717, 1.165) is 0 Å². The molecular formula is C13H19N3O4S. The zero-order valence-corrected chi connectivity index (χ0v) is 13.0. The van der Waals surface area contributed by atoms with Crippen LogP contribution in [0.1, 0.15) is 17.3 Å². The predicted octanol–water partition coefficient (Wildman–Crippen LogP) is 0.526. The van der Waals surface area contributed by atoms with Gasteiger partial charge < -0.3 is 15.8 Å². The van der Waals surface area contributed by atoms with E-state index in [1.54, 1.807) is 30.3 Å². The first kappa shape index (κ1) is 17.1. The number of ether oxygens (including phenoxy) is 1. The minimum atomic E-state index is -0.584. The SMILES string of the molecule is COC(=O)C(C)CN(C)CC(=O)Nc1sccc1C(N)=O. The molecule has 0 spiro atoms. The standard InChI is InChI=1S/C13H19N3O4S/c1-8(13(19)20-3)6-16(2)7-10(17)15-12-9(11(14)18)4-5-21-12/h4-5,8H,6-7H2,1-3H3,(H2,14,18)(H,15,17). The maximum absolute atomic E-state index is 11.9. The first-order valence-electron chi connectivity index (χ1n) is 6.28. The van der Waals surface area contributed by atoms with Crippen molar-refractivity contribution in [2.75, 3.05) is 32.6 Å². The van der Waals surface area contributed by atoms with Gasteiger partial charge in [0.2, 0.25) is 5.91 Å². The molecule has 7 nitrogen and oxygen atoms in total. The molecular weight excluding hydrogens is 294 g/mol. The average Bonchev–Trinajstić information content (AvgIpc) is 2.85. The van der Waals surface area contributed by atoms with Crippen LogP contribution in [-0.4, -0.2) is 49.9 Å². The Hall–Kier alpha value is -1.93. The van der Waals surface area contributed by atoms with Crippen molar-refractivity contribution in [2.45, 2.75) is 6.92 Å². The summed E-state index contributed by atoms with van der Waals surface area (Å²) in [6.45, 7) is 2.22. The van der Waals surface area contributed by atoms with Gasteiger partial charge in [0.25, 0.3) is 5.91 Å². The maximum atomic E-state index is 11.9. The Kier molecular flexibility index (Phi) is 6.32. The zero-order valence-electron chi connectivity index (χ0n) is 12.2. The van der Waals surface area contributed by atoms with Crippen LogP contribution < -0.4 is 11.1 Å². The molecule has 0 bridgehead atoms. The molecule has 1 rings (SSSR count). The van der Waals surface area contributed by atoms with Crippen molar-refractivity contribution in [3.05, 3.63) is 17.0 Å². The van der Waals surface area contributed by atoms with Crippen LogP contribution in [0, 0.1) is 5.92 Å². The molecule has 1 aromatic rings. The fourth-order valence-corrected chi connectivity index (χ4v) is 2.63. The topological polar surface area (TPSA) is 102 Å². The number of likely N-dealkylation sites (N-methyl/N-ethyl adjacent to an activating group) is 1. The number of rotatable bonds is 7. The molecule has 0 aromatic carbocycles. The highest BCUT2D eigenvalue weighted by atomic mass is 32.1. The van der Waals surface area contributed by atoms with E-state index in [1.807, 2.05) is 0 Å². The summed E-state index contributed by atoms with van der Waals surface area (Å²) in [6, 6.07) is 1.56. The second kappa shape index (κ2) is 7.75. The first-order chi connectivity index (χ1) is 9.85. The first-order valence-corrected chi connectivity index (χ1v) is 7.16. The highest BCUT2D eigenvalue weighted by Crippen LogP contribution is 2.22. The Morgan fingerprint density at radius 2 is 2.14 bits per heavy atom. The monoisotopic (exact) mass is 313 g/mol. The molecule has 2 amide bonds. The van der Waals surface area contributed by atoms with E-state index in [0.29, 0.717) is 17.1 Å². The highest BCUT2D eigenvalue weighted by molar-refractivity contribution is 7.14. The number of primary amides is 1. The number of carbonyl (C=O) groups excluding carboxylic acids is 3. The van der Waals surface area contributed by atoms with Crippen LogP contribution in [0.5, 0.6) is 0 Å². The summed E-state index contributed by atoms with van der Waals surface area (Å²) in [7, 11) is 3.05. The van der Waals surface area contributed by atoms with Crippen molar-refractivity contribution in [3.63, 3.8) is 0 Å². The van der Waals surface area contributed by atoms with Crippen LogP contribution in [0.15, 0.2) is 11.4 Å². The number of nitrogens with zero attached hydrogens (tertiary/aromatic N) is 1. The number of methoxy groups -OCH3 is 1. The van der Waals surface area contributed by atoms with Crippen LogP contribution in [0.2, 0.25) is 0 Å². The molecule has 0 radical (unpaired) electrons. The molecule has 0 aliphatic heterocycles. The predicted molar refractivity (Wildman–Crippen MR) is 80.1 cm³/mol. The number of esters is 1. The van der Waals surface area contributed by atoms with E-state index in [9.17, 15) is 14.4 Å². The Morgan fingerprint density at radius 1 is 1.48 bits per heavy atom. The number of nitrogens with one attached hydrogen (secondary N) is 1. The Bertz CT molecular complexity index is 529. The van der Waals surface area contributed by atoms with Gasteiger partial charge in [0.1, 0.15) is 5.00 Å². The van der Waals surface area contributed by atoms with Crippen LogP contribution >= 0.6 is 11.3 Å². The van der Waals surface area contributed by atoms with Crippen LogP contribution in [-0.2, 0) is 14.3 Å². The number of hydrogen-bond donors (Lipinski definition) is 2. The molecule has 116 valence electrons. The van der Waals surface area contributed by atoms with Gasteiger partial charge in [0.05, 0.1) is 25.1 Å². The van der Waals surface area contributed by atoms with E-state index in [1.165, 1.54) is 18.4 Å². The van der Waals surface area contributed by atoms with Crippen LogP contribution in [0.25, 0.3) is 0 Å². The Balaban J connectivity index is 2.51. The highest BCUT2D eigenvalue weighted by Gasteiger charge is 2.18. The van der Waals surface area contributed by atoms with Crippen molar-refractivity contribution >= 4 is 34.1 Å². The summed E-state index contributed by atoms with van der Waals surface area (Å²) < 4.78 is 4.63. The molecule has 1 aromatic heterocycles. The molecule has 21 heavy (non-hydrogen) atoms. The number of carbonyl (C=O) groups is 3. The number of nitrogens with two attached hydrogens (primary N) is 1. The summed E-state index contributed by atoms with van der Waals surface area (Å²) in [5.41, 5.74) is 5.50. The number of thiophene rings is 1. The van der Waals surface area contributed by atoms with Gasteiger partial charge in [-0.25, -0.2) is 0 Å². The Morgan fingerprint density at radius 3 is 2.71 bits per heavy atom. The summed E-state index contributed by atoms with van der Waals surface area (Å²) in [6.07, 6.45) is 0. The molecule has 0 fully saturated rings. The smallest absolute Gasteiger partial charge is 0.309 e. The zero-order chi connectivity index (χ0) is 16.0. The molecule has 1 unspecified atom stereocenters. The third-order valence-electron chi connectivity index (χ3n) is 2.79. The van der Waals surface area contributed by atoms with Crippen molar-refractivity contribution in [1.82, 2.24) is 4.90 Å². The quantitative estimate of drug-likeness (QED) is 0.715. The van der Waals surface area contributed by atoms with Crippen molar-refractivity contribution in [1.29, 1.82) is 0 Å². The van der Waals surface area contributed by atoms with Crippen LogP contribution in [0.3, 0.4) is 0 Å². The van der Waals surface area contributed by atoms with Gasteiger partial charge in [-0.05, 0) is 18.5 Å². The summed E-state index contributed by atoms with van der Waals surface area (Å²) in [4.78, 5) is 36.1. The lowest BCUT2D eigenvalue weighted by Crippen LogP contribution is -2.35. The lowest BCUT2D eigenvalue weighted by atomic mass is 10.2. The van der Waals surface area contributed by atoms with E-state index < -0.39 is 5.91 Å². The fourth-order valence-electron chi connectivity index (χ4n) is 1.82. The molecule has 1 atom stereocenters. The number of anilines is 1. The second-order valence-electron chi connectivity index (χ2n) is 4.70.